The molecule has 2 fully saturated rings. The van der Waals surface area contributed by atoms with Gasteiger partial charge in [0.1, 0.15) is 17.3 Å². The van der Waals surface area contributed by atoms with Gasteiger partial charge in [-0.3, -0.25) is 4.79 Å². The molecule has 0 bridgehead atoms. The number of amides is 1. The lowest BCUT2D eigenvalue weighted by Gasteiger charge is -2.22. The summed E-state index contributed by atoms with van der Waals surface area (Å²) >= 11 is 1.66. The van der Waals surface area contributed by atoms with Crippen molar-refractivity contribution in [3.63, 3.8) is 0 Å². The molecule has 1 saturated carbocycles. The molecule has 2 aliphatic rings. The molecule has 1 amide bonds. The number of ether oxygens (including phenoxy) is 1. The van der Waals surface area contributed by atoms with Gasteiger partial charge in [0.15, 0.2) is 0 Å². The number of carbonyl (C=O) groups excluding carboxylic acids is 1. The van der Waals surface area contributed by atoms with Gasteiger partial charge < -0.3 is 14.6 Å². The predicted octanol–water partition coefficient (Wildman–Crippen LogP) is 5.72. The summed E-state index contributed by atoms with van der Waals surface area (Å²) in [7, 11) is 1.65. The highest BCUT2D eigenvalue weighted by Crippen LogP contribution is 2.46. The van der Waals surface area contributed by atoms with E-state index in [1.807, 2.05) is 53.4 Å². The number of H-pyrrole nitrogens is 1. The van der Waals surface area contributed by atoms with E-state index in [-0.39, 0.29) is 11.9 Å². The van der Waals surface area contributed by atoms with Crippen LogP contribution in [-0.4, -0.2) is 39.4 Å². The van der Waals surface area contributed by atoms with Crippen molar-refractivity contribution in [1.82, 2.24) is 19.9 Å². The van der Waals surface area contributed by atoms with E-state index in [1.165, 1.54) is 0 Å². The van der Waals surface area contributed by atoms with Crippen LogP contribution in [0.5, 0.6) is 5.75 Å². The van der Waals surface area contributed by atoms with Gasteiger partial charge in [-0.1, -0.05) is 42.5 Å². The molecule has 1 aliphatic carbocycles. The normalized spacial score (nSPS) is 18.3. The number of carbonyl (C=O) groups is 1. The standard InChI is InChI=1S/C26H24N4O2S/c1-15-12-21(24-27-19-11-10-18(32-2)13-20(19)28-24)30(14-15)26(31)22-23(16-6-4-3-5-7-16)33-25(29-22)17-8-9-17/h3-7,10-11,13,17,21H,1,8-9,12,14H2,2H3,(H,27,28). The molecule has 3 heterocycles. The van der Waals surface area contributed by atoms with Crippen LogP contribution in [0.15, 0.2) is 60.7 Å². The molecule has 2 aromatic heterocycles. The van der Waals surface area contributed by atoms with Gasteiger partial charge in [-0.25, -0.2) is 9.97 Å². The molecule has 1 unspecified atom stereocenters. The minimum Gasteiger partial charge on any atom is -0.497 e. The number of nitrogens with zero attached hydrogens (tertiary/aromatic N) is 3. The Labute approximate surface area is 195 Å². The number of hydrogen-bond donors (Lipinski definition) is 1. The topological polar surface area (TPSA) is 71.1 Å². The van der Waals surface area contributed by atoms with E-state index in [2.05, 4.69) is 11.6 Å². The fraction of sp³-hybridized carbons (Fsp3) is 0.269. The minimum absolute atomic E-state index is 0.0568. The highest BCUT2D eigenvalue weighted by Gasteiger charge is 2.38. The highest BCUT2D eigenvalue weighted by molar-refractivity contribution is 7.15. The van der Waals surface area contributed by atoms with Gasteiger partial charge in [-0.15, -0.1) is 11.3 Å². The highest BCUT2D eigenvalue weighted by atomic mass is 32.1. The molecular formula is C26H24N4O2S. The van der Waals surface area contributed by atoms with Crippen LogP contribution in [0.4, 0.5) is 0 Å². The first-order valence-electron chi connectivity index (χ1n) is 11.2. The van der Waals surface area contributed by atoms with Gasteiger partial charge in [0.2, 0.25) is 0 Å². The summed E-state index contributed by atoms with van der Waals surface area (Å²) in [6.07, 6.45) is 2.99. The predicted molar refractivity (Wildman–Crippen MR) is 130 cm³/mol. The third-order valence-corrected chi connectivity index (χ3v) is 7.61. The second-order valence-corrected chi connectivity index (χ2v) is 9.81. The third kappa shape index (κ3) is 3.62. The van der Waals surface area contributed by atoms with E-state index in [4.69, 9.17) is 14.7 Å². The van der Waals surface area contributed by atoms with Crippen LogP contribution in [0.3, 0.4) is 0 Å². The number of nitrogens with one attached hydrogen (secondary N) is 1. The lowest BCUT2D eigenvalue weighted by atomic mass is 10.1. The first-order valence-corrected chi connectivity index (χ1v) is 12.0. The number of fused-ring (bicyclic) bond motifs is 1. The van der Waals surface area contributed by atoms with Crippen LogP contribution in [-0.2, 0) is 0 Å². The molecule has 2 aromatic carbocycles. The number of aromatic amines is 1. The van der Waals surface area contributed by atoms with E-state index in [1.54, 1.807) is 18.4 Å². The summed E-state index contributed by atoms with van der Waals surface area (Å²) in [4.78, 5) is 29.8. The summed E-state index contributed by atoms with van der Waals surface area (Å²) in [6.45, 7) is 4.70. The molecule has 1 N–H and O–H groups in total. The Morgan fingerprint density at radius 3 is 2.76 bits per heavy atom. The molecule has 33 heavy (non-hydrogen) atoms. The van der Waals surface area contributed by atoms with E-state index in [0.717, 1.165) is 56.5 Å². The van der Waals surface area contributed by atoms with Crippen LogP contribution >= 0.6 is 11.3 Å². The zero-order valence-electron chi connectivity index (χ0n) is 18.4. The number of rotatable bonds is 5. The maximum atomic E-state index is 13.9. The quantitative estimate of drug-likeness (QED) is 0.390. The number of thiazole rings is 1. The summed E-state index contributed by atoms with van der Waals surface area (Å²) in [5.74, 6) is 1.97. The van der Waals surface area contributed by atoms with Crippen molar-refractivity contribution in [2.75, 3.05) is 13.7 Å². The van der Waals surface area contributed by atoms with E-state index < -0.39 is 0 Å². The average molecular weight is 457 g/mol. The van der Waals surface area contributed by atoms with Crippen molar-refractivity contribution in [2.45, 2.75) is 31.2 Å². The van der Waals surface area contributed by atoms with E-state index >= 15 is 0 Å². The molecule has 1 atom stereocenters. The second-order valence-electron chi connectivity index (χ2n) is 8.78. The third-order valence-electron chi connectivity index (χ3n) is 6.34. The molecule has 1 aliphatic heterocycles. The number of likely N-dealkylation sites (tertiary alicyclic amines) is 1. The largest absolute Gasteiger partial charge is 0.497 e. The molecule has 7 heteroatoms. The zero-order valence-corrected chi connectivity index (χ0v) is 19.2. The van der Waals surface area contributed by atoms with Gasteiger partial charge in [0.25, 0.3) is 5.91 Å². The lowest BCUT2D eigenvalue weighted by Crippen LogP contribution is -2.31. The monoisotopic (exact) mass is 456 g/mol. The molecule has 4 aromatic rings. The van der Waals surface area contributed by atoms with E-state index in [9.17, 15) is 4.79 Å². The van der Waals surface area contributed by atoms with Gasteiger partial charge in [0.05, 0.1) is 34.1 Å². The average Bonchev–Trinajstić information content (AvgIpc) is 3.28. The van der Waals surface area contributed by atoms with Crippen LogP contribution in [0, 0.1) is 0 Å². The number of aromatic nitrogens is 3. The Morgan fingerprint density at radius 2 is 2.00 bits per heavy atom. The Hall–Kier alpha value is -3.45. The van der Waals surface area contributed by atoms with Crippen LogP contribution in [0.2, 0.25) is 0 Å². The van der Waals surface area contributed by atoms with Gasteiger partial charge >= 0.3 is 0 Å². The molecule has 6 rings (SSSR count). The Bertz CT molecular complexity index is 1370. The molecule has 0 radical (unpaired) electrons. The Morgan fingerprint density at radius 1 is 1.18 bits per heavy atom. The lowest BCUT2D eigenvalue weighted by molar-refractivity contribution is 0.0728. The van der Waals surface area contributed by atoms with Crippen molar-refractivity contribution < 1.29 is 9.53 Å². The first kappa shape index (κ1) is 20.2. The zero-order chi connectivity index (χ0) is 22.5. The van der Waals surface area contributed by atoms with Crippen LogP contribution in [0.25, 0.3) is 21.5 Å². The minimum atomic E-state index is -0.196. The molecule has 1 saturated heterocycles. The maximum Gasteiger partial charge on any atom is 0.274 e. The number of hydrogen-bond acceptors (Lipinski definition) is 5. The summed E-state index contributed by atoms with van der Waals surface area (Å²) in [6, 6.07) is 15.7. The SMILES string of the molecule is C=C1CC(c2nc3ccc(OC)cc3[nH]2)N(C(=O)c2nc(C3CC3)sc2-c2ccccc2)C1. The second kappa shape index (κ2) is 7.85. The summed E-state index contributed by atoms with van der Waals surface area (Å²) < 4.78 is 5.34. The smallest absolute Gasteiger partial charge is 0.274 e. The Kier molecular flexibility index (Phi) is 4.80. The molecule has 0 spiro atoms. The number of methoxy groups -OCH3 is 1. The van der Waals surface area contributed by atoms with Crippen molar-refractivity contribution in [3.8, 4) is 16.2 Å². The number of imidazole rings is 1. The fourth-order valence-corrected chi connectivity index (χ4v) is 5.69. The first-order chi connectivity index (χ1) is 16.1. The van der Waals surface area contributed by atoms with Crippen molar-refractivity contribution in [1.29, 1.82) is 0 Å². The Balaban J connectivity index is 1.39. The van der Waals surface area contributed by atoms with Gasteiger partial charge in [-0.2, -0.15) is 0 Å². The van der Waals surface area contributed by atoms with Crippen LogP contribution < -0.4 is 4.74 Å². The summed E-state index contributed by atoms with van der Waals surface area (Å²) in [5.41, 5.74) is 4.35. The molecule has 6 nitrogen and oxygen atoms in total. The van der Waals surface area contributed by atoms with Gasteiger partial charge in [0, 0.05) is 18.5 Å². The van der Waals surface area contributed by atoms with Crippen LogP contribution in [0.1, 0.15) is 52.5 Å². The summed E-state index contributed by atoms with van der Waals surface area (Å²) in [5, 5.41) is 1.07. The van der Waals surface area contributed by atoms with Crippen molar-refractivity contribution in [3.05, 3.63) is 77.2 Å². The molecular weight excluding hydrogens is 432 g/mol. The molecule has 166 valence electrons. The van der Waals surface area contributed by atoms with Crippen molar-refractivity contribution in [2.24, 2.45) is 0 Å². The van der Waals surface area contributed by atoms with Crippen molar-refractivity contribution >= 4 is 28.3 Å². The maximum absolute atomic E-state index is 13.9. The number of benzene rings is 2. The van der Waals surface area contributed by atoms with E-state index in [0.29, 0.717) is 24.6 Å². The van der Waals surface area contributed by atoms with Gasteiger partial charge in [-0.05, 0) is 37.0 Å². The fourth-order valence-electron chi connectivity index (χ4n) is 4.46.